The van der Waals surface area contributed by atoms with Crippen molar-refractivity contribution in [2.24, 2.45) is 0 Å². The van der Waals surface area contributed by atoms with Gasteiger partial charge in [0.15, 0.2) is 6.29 Å². The summed E-state index contributed by atoms with van der Waals surface area (Å²) in [7, 11) is 4.12. The molecule has 0 saturated carbocycles. The maximum atomic E-state index is 11.1. The molecule has 0 aliphatic rings. The van der Waals surface area contributed by atoms with Gasteiger partial charge >= 0.3 is 0 Å². The number of fused-ring (bicyclic) bond motifs is 1. The fourth-order valence-electron chi connectivity index (χ4n) is 2.38. The normalized spacial score (nSPS) is 13.2. The highest BCUT2D eigenvalue weighted by molar-refractivity contribution is 5.97. The first-order valence-electron chi connectivity index (χ1n) is 5.90. The Morgan fingerprint density at radius 2 is 2.06 bits per heavy atom. The lowest BCUT2D eigenvalue weighted by atomic mass is 10.2. The number of hydrogen-bond acceptors (Lipinski definition) is 2. The third-order valence-corrected chi connectivity index (χ3v) is 3.18. The molecule has 1 aromatic carbocycles. The highest BCUT2D eigenvalue weighted by Gasteiger charge is 2.15. The van der Waals surface area contributed by atoms with Gasteiger partial charge in [0.05, 0.1) is 11.7 Å². The summed E-state index contributed by atoms with van der Waals surface area (Å²) in [4.78, 5) is 13.3. The van der Waals surface area contributed by atoms with E-state index in [9.17, 15) is 4.79 Å². The third-order valence-electron chi connectivity index (χ3n) is 3.18. The molecule has 1 aromatic heterocycles. The topological polar surface area (TPSA) is 25.2 Å². The summed E-state index contributed by atoms with van der Waals surface area (Å²) in [6.45, 7) is 2.15. The van der Waals surface area contributed by atoms with E-state index in [0.29, 0.717) is 0 Å². The largest absolute Gasteiger partial charge is 0.331 e. The Morgan fingerprint density at radius 1 is 1.35 bits per heavy atom. The van der Waals surface area contributed by atoms with Crippen LogP contribution in [0.4, 0.5) is 0 Å². The van der Waals surface area contributed by atoms with E-state index in [4.69, 9.17) is 0 Å². The zero-order valence-electron chi connectivity index (χ0n) is 10.6. The van der Waals surface area contributed by atoms with Crippen LogP contribution in [0.1, 0.15) is 29.9 Å². The molecule has 0 bridgehead atoms. The van der Waals surface area contributed by atoms with Crippen LogP contribution in [0, 0.1) is 0 Å². The van der Waals surface area contributed by atoms with Crippen molar-refractivity contribution in [2.75, 3.05) is 14.1 Å². The summed E-state index contributed by atoms with van der Waals surface area (Å²) in [5, 5.41) is 1.03. The molecule has 2 aromatic rings. The molecule has 3 nitrogen and oxygen atoms in total. The molecule has 0 fully saturated rings. The van der Waals surface area contributed by atoms with Crippen molar-refractivity contribution in [2.45, 2.75) is 19.5 Å². The van der Waals surface area contributed by atoms with Crippen LogP contribution >= 0.6 is 0 Å². The first-order chi connectivity index (χ1) is 8.19. The van der Waals surface area contributed by atoms with E-state index in [1.807, 2.05) is 24.4 Å². The van der Waals surface area contributed by atoms with E-state index in [2.05, 4.69) is 36.6 Å². The Hall–Kier alpha value is -1.61. The Balaban J connectivity index is 2.65. The Kier molecular flexibility index (Phi) is 3.29. The SMILES string of the molecule is CCC(N(C)C)n1cc(C=O)c2ccccc21. The number of carbonyl (C=O) groups is 1. The van der Waals surface area contributed by atoms with Gasteiger partial charge in [0, 0.05) is 17.1 Å². The van der Waals surface area contributed by atoms with Gasteiger partial charge in [0.1, 0.15) is 0 Å². The van der Waals surface area contributed by atoms with Crippen molar-refractivity contribution in [1.82, 2.24) is 9.47 Å². The minimum atomic E-state index is 0.286. The molecule has 1 atom stereocenters. The highest BCUT2D eigenvalue weighted by atomic mass is 16.1. The molecule has 0 spiro atoms. The van der Waals surface area contributed by atoms with Gasteiger partial charge in [0.25, 0.3) is 0 Å². The fourth-order valence-corrected chi connectivity index (χ4v) is 2.38. The van der Waals surface area contributed by atoms with Crippen molar-refractivity contribution in [1.29, 1.82) is 0 Å². The number of carbonyl (C=O) groups excluding carboxylic acids is 1. The van der Waals surface area contributed by atoms with Crippen LogP contribution in [0.3, 0.4) is 0 Å². The standard InChI is InChI=1S/C14H18N2O/c1-4-14(15(2)3)16-9-11(10-17)12-7-5-6-8-13(12)16/h5-10,14H,4H2,1-3H3. The summed E-state index contributed by atoms with van der Waals surface area (Å²) >= 11 is 0. The van der Waals surface area contributed by atoms with Crippen molar-refractivity contribution in [3.05, 3.63) is 36.0 Å². The number of benzene rings is 1. The first-order valence-corrected chi connectivity index (χ1v) is 5.90. The molecular weight excluding hydrogens is 212 g/mol. The first kappa shape index (κ1) is 11.9. The molecule has 0 radical (unpaired) electrons. The van der Waals surface area contributed by atoms with Crippen molar-refractivity contribution >= 4 is 17.2 Å². The number of hydrogen-bond donors (Lipinski definition) is 0. The Bertz CT molecular complexity index is 528. The zero-order valence-corrected chi connectivity index (χ0v) is 10.6. The van der Waals surface area contributed by atoms with Crippen LogP contribution in [0.5, 0.6) is 0 Å². The minimum absolute atomic E-state index is 0.286. The average molecular weight is 230 g/mol. The summed E-state index contributed by atoms with van der Waals surface area (Å²) in [5.74, 6) is 0. The van der Waals surface area contributed by atoms with Gasteiger partial charge in [-0.05, 0) is 26.6 Å². The van der Waals surface area contributed by atoms with Crippen LogP contribution in [0.25, 0.3) is 10.9 Å². The quantitative estimate of drug-likeness (QED) is 0.754. The molecule has 3 heteroatoms. The van der Waals surface area contributed by atoms with Crippen LogP contribution in [-0.2, 0) is 0 Å². The molecule has 17 heavy (non-hydrogen) atoms. The number of aromatic nitrogens is 1. The van der Waals surface area contributed by atoms with Gasteiger partial charge < -0.3 is 4.57 Å². The lowest BCUT2D eigenvalue weighted by Crippen LogP contribution is -2.24. The van der Waals surface area contributed by atoms with E-state index in [-0.39, 0.29) is 6.17 Å². The lowest BCUT2D eigenvalue weighted by Gasteiger charge is -2.25. The smallest absolute Gasteiger partial charge is 0.152 e. The molecule has 0 N–H and O–H groups in total. The van der Waals surface area contributed by atoms with E-state index in [1.165, 1.54) is 0 Å². The average Bonchev–Trinajstić information content (AvgIpc) is 2.69. The molecule has 0 aliphatic carbocycles. The third kappa shape index (κ3) is 1.98. The highest BCUT2D eigenvalue weighted by Crippen LogP contribution is 2.26. The van der Waals surface area contributed by atoms with Gasteiger partial charge in [-0.1, -0.05) is 25.1 Å². The van der Waals surface area contributed by atoms with Crippen LogP contribution < -0.4 is 0 Å². The summed E-state index contributed by atoms with van der Waals surface area (Å²) in [6, 6.07) is 8.04. The molecule has 0 amide bonds. The van der Waals surface area contributed by atoms with E-state index < -0.39 is 0 Å². The summed E-state index contributed by atoms with van der Waals surface area (Å²) in [5.41, 5.74) is 1.89. The van der Waals surface area contributed by atoms with Gasteiger partial charge in [-0.15, -0.1) is 0 Å². The van der Waals surface area contributed by atoms with Gasteiger partial charge in [-0.2, -0.15) is 0 Å². The molecule has 1 heterocycles. The van der Waals surface area contributed by atoms with Crippen LogP contribution in [0.2, 0.25) is 0 Å². The second kappa shape index (κ2) is 4.72. The number of rotatable bonds is 4. The second-order valence-corrected chi connectivity index (χ2v) is 4.48. The van der Waals surface area contributed by atoms with Crippen molar-refractivity contribution in [3.8, 4) is 0 Å². The lowest BCUT2D eigenvalue weighted by molar-refractivity contribution is 0.112. The Labute approximate surface area is 102 Å². The van der Waals surface area contributed by atoms with Crippen LogP contribution in [-0.4, -0.2) is 29.8 Å². The van der Waals surface area contributed by atoms with Gasteiger partial charge in [-0.25, -0.2) is 0 Å². The van der Waals surface area contributed by atoms with Gasteiger partial charge in [0.2, 0.25) is 0 Å². The van der Waals surface area contributed by atoms with Crippen molar-refractivity contribution < 1.29 is 4.79 Å². The molecule has 90 valence electrons. The predicted octanol–water partition coefficient (Wildman–Crippen LogP) is 2.92. The predicted molar refractivity (Wildman–Crippen MR) is 70.3 cm³/mol. The molecular formula is C14H18N2O. The molecule has 0 saturated heterocycles. The molecule has 2 rings (SSSR count). The summed E-state index contributed by atoms with van der Waals surface area (Å²) < 4.78 is 2.18. The molecule has 1 unspecified atom stereocenters. The maximum absolute atomic E-state index is 11.1. The van der Waals surface area contributed by atoms with E-state index in [1.54, 1.807) is 0 Å². The van der Waals surface area contributed by atoms with E-state index in [0.717, 1.165) is 29.2 Å². The maximum Gasteiger partial charge on any atom is 0.152 e. The monoisotopic (exact) mass is 230 g/mol. The minimum Gasteiger partial charge on any atom is -0.331 e. The summed E-state index contributed by atoms with van der Waals surface area (Å²) in [6.07, 6.45) is 4.17. The fraction of sp³-hybridized carbons (Fsp3) is 0.357. The van der Waals surface area contributed by atoms with E-state index >= 15 is 0 Å². The Morgan fingerprint density at radius 3 is 2.65 bits per heavy atom. The van der Waals surface area contributed by atoms with Gasteiger partial charge in [-0.3, -0.25) is 9.69 Å². The second-order valence-electron chi connectivity index (χ2n) is 4.48. The zero-order chi connectivity index (χ0) is 12.4. The van der Waals surface area contributed by atoms with Crippen molar-refractivity contribution in [3.63, 3.8) is 0 Å². The van der Waals surface area contributed by atoms with Crippen LogP contribution in [0.15, 0.2) is 30.5 Å². The number of aldehydes is 1. The number of para-hydroxylation sites is 1. The number of nitrogens with zero attached hydrogens (tertiary/aromatic N) is 2. The molecule has 0 aliphatic heterocycles.